The van der Waals surface area contributed by atoms with Gasteiger partial charge in [0, 0.05) is 11.9 Å². The predicted molar refractivity (Wildman–Crippen MR) is 87.5 cm³/mol. The van der Waals surface area contributed by atoms with E-state index in [-0.39, 0.29) is 6.03 Å². The number of aromatic nitrogens is 2. The van der Waals surface area contributed by atoms with E-state index >= 15 is 0 Å². The molecule has 0 aliphatic heterocycles. The zero-order chi connectivity index (χ0) is 15.5. The smallest absolute Gasteiger partial charge is 0.319 e. The minimum Gasteiger partial charge on any atom is -0.332 e. The summed E-state index contributed by atoms with van der Waals surface area (Å²) in [5.41, 5.74) is 2.32. The van der Waals surface area contributed by atoms with Crippen LogP contribution in [-0.4, -0.2) is 15.6 Å². The highest BCUT2D eigenvalue weighted by atomic mass is 35.5. The Kier molecular flexibility index (Phi) is 4.18. The van der Waals surface area contributed by atoms with E-state index in [0.29, 0.717) is 22.3 Å². The summed E-state index contributed by atoms with van der Waals surface area (Å²) in [6.07, 6.45) is 1.86. The summed E-state index contributed by atoms with van der Waals surface area (Å²) in [5, 5.41) is 10.6. The molecule has 2 heterocycles. The van der Waals surface area contributed by atoms with Crippen molar-refractivity contribution in [3.8, 4) is 0 Å². The van der Waals surface area contributed by atoms with Gasteiger partial charge in [0.2, 0.25) is 0 Å². The molecule has 0 radical (unpaired) electrons. The maximum absolute atomic E-state index is 11.9. The van der Waals surface area contributed by atoms with E-state index in [4.69, 9.17) is 23.2 Å². The second kappa shape index (κ2) is 6.25. The van der Waals surface area contributed by atoms with Crippen LogP contribution in [0, 0.1) is 0 Å². The third kappa shape index (κ3) is 3.32. The van der Waals surface area contributed by atoms with Gasteiger partial charge in [-0.2, -0.15) is 5.10 Å². The molecule has 22 heavy (non-hydrogen) atoms. The molecule has 0 saturated heterocycles. The molecule has 3 aromatic rings. The molecule has 5 nitrogen and oxygen atoms in total. The van der Waals surface area contributed by atoms with Crippen molar-refractivity contribution in [2.45, 2.75) is 6.54 Å². The molecule has 7 heteroatoms. The Balaban J connectivity index is 1.60. The number of urea groups is 1. The predicted octanol–water partition coefficient (Wildman–Crippen LogP) is 3.96. The maximum Gasteiger partial charge on any atom is 0.319 e. The van der Waals surface area contributed by atoms with Gasteiger partial charge in [0.1, 0.15) is 0 Å². The van der Waals surface area contributed by atoms with Crippen molar-refractivity contribution in [3.63, 3.8) is 0 Å². The van der Waals surface area contributed by atoms with Crippen LogP contribution in [0.5, 0.6) is 0 Å². The van der Waals surface area contributed by atoms with E-state index in [2.05, 4.69) is 15.7 Å². The first-order valence-corrected chi connectivity index (χ1v) is 7.30. The van der Waals surface area contributed by atoms with Crippen LogP contribution in [0.3, 0.4) is 0 Å². The quantitative estimate of drug-likeness (QED) is 0.761. The molecule has 3 rings (SSSR count). The fraction of sp³-hybridized carbons (Fsp3) is 0.0667. The number of fused-ring (bicyclic) bond motifs is 1. The van der Waals surface area contributed by atoms with Crippen molar-refractivity contribution in [1.82, 2.24) is 14.9 Å². The highest BCUT2D eigenvalue weighted by Crippen LogP contribution is 2.24. The molecule has 112 valence electrons. The van der Waals surface area contributed by atoms with Crippen LogP contribution in [0.4, 0.5) is 10.5 Å². The summed E-state index contributed by atoms with van der Waals surface area (Å²) >= 11 is 11.7. The van der Waals surface area contributed by atoms with Crippen LogP contribution in [-0.2, 0) is 6.54 Å². The second-order valence-electron chi connectivity index (χ2n) is 4.64. The van der Waals surface area contributed by atoms with Gasteiger partial charge in [-0.15, -0.1) is 0 Å². The molecule has 0 bridgehead atoms. The Hall–Kier alpha value is -2.24. The number of halogens is 2. The van der Waals surface area contributed by atoms with Crippen molar-refractivity contribution in [2.24, 2.45) is 0 Å². The van der Waals surface area contributed by atoms with Crippen LogP contribution in [0.2, 0.25) is 10.0 Å². The molecule has 1 aromatic carbocycles. The molecule has 2 amide bonds. The number of anilines is 1. The normalized spacial score (nSPS) is 10.6. The summed E-state index contributed by atoms with van der Waals surface area (Å²) in [7, 11) is 0. The second-order valence-corrected chi connectivity index (χ2v) is 5.46. The lowest BCUT2D eigenvalue weighted by Gasteiger charge is -2.07. The first-order valence-electron chi connectivity index (χ1n) is 6.55. The highest BCUT2D eigenvalue weighted by molar-refractivity contribution is 6.42. The molecule has 2 aromatic heterocycles. The van der Waals surface area contributed by atoms with E-state index in [1.165, 1.54) is 0 Å². The van der Waals surface area contributed by atoms with E-state index in [1.54, 1.807) is 22.7 Å². The van der Waals surface area contributed by atoms with Crippen LogP contribution < -0.4 is 10.6 Å². The molecule has 0 atom stereocenters. The van der Waals surface area contributed by atoms with Crippen molar-refractivity contribution in [3.05, 3.63) is 64.4 Å². The number of carbonyl (C=O) groups is 1. The van der Waals surface area contributed by atoms with Crippen molar-refractivity contribution < 1.29 is 4.79 Å². The van der Waals surface area contributed by atoms with E-state index in [9.17, 15) is 4.79 Å². The van der Waals surface area contributed by atoms with E-state index in [0.717, 1.165) is 11.2 Å². The number of amides is 2. The van der Waals surface area contributed by atoms with Crippen LogP contribution in [0.15, 0.2) is 48.7 Å². The molecule has 0 unspecified atom stereocenters. The molecular weight excluding hydrogens is 323 g/mol. The van der Waals surface area contributed by atoms with Gasteiger partial charge in [0.25, 0.3) is 0 Å². The molecular formula is C15H12Cl2N4O. The van der Waals surface area contributed by atoms with Crippen LogP contribution >= 0.6 is 23.2 Å². The molecule has 0 spiro atoms. The standard InChI is InChI=1S/C15H12Cl2N4O/c16-13-5-4-10(8-14(13)17)19-15(22)18-9-11-7-12-3-1-2-6-21(12)20-11/h1-8H,9H2,(H2,18,19,22). The lowest BCUT2D eigenvalue weighted by Crippen LogP contribution is -2.28. The first-order chi connectivity index (χ1) is 10.6. The Bertz CT molecular complexity index is 798. The van der Waals surface area contributed by atoms with Crippen molar-refractivity contribution in [1.29, 1.82) is 0 Å². The topological polar surface area (TPSA) is 58.4 Å². The number of rotatable bonds is 3. The Labute approximate surface area is 136 Å². The monoisotopic (exact) mass is 334 g/mol. The van der Waals surface area contributed by atoms with Gasteiger partial charge in [0.05, 0.1) is 27.8 Å². The molecule has 2 N–H and O–H groups in total. The summed E-state index contributed by atoms with van der Waals surface area (Å²) in [5.74, 6) is 0. The van der Waals surface area contributed by atoms with Gasteiger partial charge < -0.3 is 10.6 Å². The van der Waals surface area contributed by atoms with Gasteiger partial charge in [-0.1, -0.05) is 29.3 Å². The van der Waals surface area contributed by atoms with Gasteiger partial charge in [-0.05, 0) is 36.4 Å². The summed E-state index contributed by atoms with van der Waals surface area (Å²) in [6.45, 7) is 0.328. The summed E-state index contributed by atoms with van der Waals surface area (Å²) in [6, 6.07) is 12.3. The summed E-state index contributed by atoms with van der Waals surface area (Å²) in [4.78, 5) is 11.9. The zero-order valence-corrected chi connectivity index (χ0v) is 12.9. The summed E-state index contributed by atoms with van der Waals surface area (Å²) < 4.78 is 1.76. The third-order valence-corrected chi connectivity index (χ3v) is 3.77. The van der Waals surface area contributed by atoms with Gasteiger partial charge in [-0.25, -0.2) is 9.31 Å². The lowest BCUT2D eigenvalue weighted by atomic mass is 10.3. The first kappa shape index (κ1) is 14.7. The third-order valence-electron chi connectivity index (χ3n) is 3.03. The number of hydrogen-bond acceptors (Lipinski definition) is 2. The molecule has 0 saturated carbocycles. The van der Waals surface area contributed by atoms with Crippen molar-refractivity contribution in [2.75, 3.05) is 5.32 Å². The van der Waals surface area contributed by atoms with Crippen molar-refractivity contribution >= 4 is 40.4 Å². The molecule has 0 aliphatic carbocycles. The maximum atomic E-state index is 11.9. The molecule has 0 aliphatic rings. The van der Waals surface area contributed by atoms with Crippen LogP contribution in [0.25, 0.3) is 5.52 Å². The fourth-order valence-corrected chi connectivity index (χ4v) is 2.30. The largest absolute Gasteiger partial charge is 0.332 e. The minimum atomic E-state index is -0.338. The number of pyridine rings is 1. The average Bonchev–Trinajstić information content (AvgIpc) is 2.92. The van der Waals surface area contributed by atoms with Crippen LogP contribution in [0.1, 0.15) is 5.69 Å². The number of carbonyl (C=O) groups excluding carboxylic acids is 1. The van der Waals surface area contributed by atoms with Gasteiger partial charge in [-0.3, -0.25) is 0 Å². The van der Waals surface area contributed by atoms with E-state index in [1.807, 2.05) is 30.5 Å². The Morgan fingerprint density at radius 1 is 1.14 bits per heavy atom. The number of hydrogen-bond donors (Lipinski definition) is 2. The fourth-order valence-electron chi connectivity index (χ4n) is 2.00. The molecule has 0 fully saturated rings. The average molecular weight is 335 g/mol. The lowest BCUT2D eigenvalue weighted by molar-refractivity contribution is 0.251. The number of nitrogens with zero attached hydrogens (tertiary/aromatic N) is 2. The SMILES string of the molecule is O=C(NCc1cc2ccccn2n1)Nc1ccc(Cl)c(Cl)c1. The highest BCUT2D eigenvalue weighted by Gasteiger charge is 2.06. The Morgan fingerprint density at radius 3 is 2.77 bits per heavy atom. The van der Waals surface area contributed by atoms with E-state index < -0.39 is 0 Å². The minimum absolute atomic E-state index is 0.328. The van der Waals surface area contributed by atoms with Gasteiger partial charge in [0.15, 0.2) is 0 Å². The Morgan fingerprint density at radius 2 is 2.00 bits per heavy atom. The number of nitrogens with one attached hydrogen (secondary N) is 2. The van der Waals surface area contributed by atoms with Gasteiger partial charge >= 0.3 is 6.03 Å². The number of benzene rings is 1. The zero-order valence-electron chi connectivity index (χ0n) is 11.4.